The number of rotatable bonds is 9. The van der Waals surface area contributed by atoms with E-state index in [-0.39, 0.29) is 29.9 Å². The monoisotopic (exact) mass is 454 g/mol. The van der Waals surface area contributed by atoms with Crippen molar-refractivity contribution in [2.24, 2.45) is 0 Å². The van der Waals surface area contributed by atoms with Crippen molar-refractivity contribution in [1.82, 2.24) is 15.1 Å². The molecule has 0 aliphatic carbocycles. The summed E-state index contributed by atoms with van der Waals surface area (Å²) >= 11 is 0. The zero-order chi connectivity index (χ0) is 23.4. The lowest BCUT2D eigenvalue weighted by Gasteiger charge is -2.27. The van der Waals surface area contributed by atoms with Crippen molar-refractivity contribution < 1.29 is 24.0 Å². The van der Waals surface area contributed by atoms with E-state index in [1.54, 1.807) is 18.2 Å². The highest BCUT2D eigenvalue weighted by molar-refractivity contribution is 6.25. The molecule has 4 rings (SSSR count). The number of anilines is 1. The lowest BCUT2D eigenvalue weighted by atomic mass is 10.0. The number of carbonyl (C=O) groups is 5. The van der Waals surface area contributed by atoms with Crippen LogP contribution in [0.25, 0.3) is 0 Å². The van der Waals surface area contributed by atoms with Gasteiger partial charge in [0.2, 0.25) is 17.7 Å². The van der Waals surface area contributed by atoms with Crippen LogP contribution in [0.1, 0.15) is 78.5 Å². The Morgan fingerprint density at radius 2 is 1.76 bits per heavy atom. The third-order valence-corrected chi connectivity index (χ3v) is 6.56. The van der Waals surface area contributed by atoms with E-state index in [9.17, 15) is 24.0 Å². The van der Waals surface area contributed by atoms with E-state index < -0.39 is 29.7 Å². The van der Waals surface area contributed by atoms with Crippen LogP contribution in [0.2, 0.25) is 0 Å². The Kier molecular flexibility index (Phi) is 7.05. The molecule has 0 aromatic heterocycles. The van der Waals surface area contributed by atoms with Crippen LogP contribution in [0.5, 0.6) is 0 Å². The molecule has 2 saturated heterocycles. The van der Waals surface area contributed by atoms with Crippen molar-refractivity contribution in [2.45, 2.75) is 63.8 Å². The van der Waals surface area contributed by atoms with Gasteiger partial charge in [0.05, 0.1) is 11.1 Å². The van der Waals surface area contributed by atoms with Crippen LogP contribution in [0.3, 0.4) is 0 Å². The van der Waals surface area contributed by atoms with Crippen LogP contribution in [0.4, 0.5) is 5.69 Å². The predicted molar refractivity (Wildman–Crippen MR) is 121 cm³/mol. The van der Waals surface area contributed by atoms with Gasteiger partial charge >= 0.3 is 0 Å². The molecule has 9 nitrogen and oxygen atoms in total. The van der Waals surface area contributed by atoms with E-state index in [4.69, 9.17) is 0 Å². The van der Waals surface area contributed by atoms with E-state index in [2.05, 4.69) is 10.6 Å². The second-order valence-electron chi connectivity index (χ2n) is 8.85. The summed E-state index contributed by atoms with van der Waals surface area (Å²) in [6, 6.07) is 4.09. The summed E-state index contributed by atoms with van der Waals surface area (Å²) < 4.78 is 0. The lowest BCUT2D eigenvalue weighted by molar-refractivity contribution is -0.136. The Morgan fingerprint density at radius 3 is 2.52 bits per heavy atom. The van der Waals surface area contributed by atoms with E-state index in [1.807, 2.05) is 4.90 Å². The van der Waals surface area contributed by atoms with Crippen molar-refractivity contribution in [3.63, 3.8) is 0 Å². The minimum atomic E-state index is -0.966. The molecule has 1 atom stereocenters. The molecular weight excluding hydrogens is 424 g/mol. The fraction of sp³-hybridized carbons (Fsp3) is 0.542. The number of likely N-dealkylation sites (tertiary alicyclic amines) is 1. The molecule has 0 bridgehead atoms. The van der Waals surface area contributed by atoms with Gasteiger partial charge in [-0.1, -0.05) is 18.9 Å². The van der Waals surface area contributed by atoms with E-state index in [1.165, 1.54) is 0 Å². The standard InChI is InChI=1S/C24H30N4O5/c29-19-12-11-18(22(31)26-19)28-23(32)16-8-7-9-17(21(16)24(28)33)25-13-4-2-1-3-10-20(30)27-14-5-6-15-27/h7-9,18,25H,1-6,10-15H2,(H,26,29,31). The molecule has 3 heterocycles. The highest BCUT2D eigenvalue weighted by Crippen LogP contribution is 2.32. The largest absolute Gasteiger partial charge is 0.384 e. The Labute approximate surface area is 192 Å². The summed E-state index contributed by atoms with van der Waals surface area (Å²) in [7, 11) is 0. The van der Waals surface area contributed by atoms with E-state index in [0.717, 1.165) is 56.5 Å². The molecule has 1 aromatic rings. The van der Waals surface area contributed by atoms with Crippen molar-refractivity contribution in [3.8, 4) is 0 Å². The van der Waals surface area contributed by atoms with Gasteiger partial charge in [0.15, 0.2) is 0 Å². The molecule has 1 aromatic carbocycles. The van der Waals surface area contributed by atoms with Crippen LogP contribution < -0.4 is 10.6 Å². The Bertz CT molecular complexity index is 970. The predicted octanol–water partition coefficient (Wildman–Crippen LogP) is 2.07. The Balaban J connectivity index is 1.27. The van der Waals surface area contributed by atoms with Crippen molar-refractivity contribution >= 4 is 35.2 Å². The Morgan fingerprint density at radius 1 is 1.00 bits per heavy atom. The SMILES string of the molecule is O=C1CCC(N2C(=O)c3cccc(NCCCCCCC(=O)N4CCCC4)c3C2=O)C(=O)N1. The number of imide groups is 2. The number of fused-ring (bicyclic) bond motifs is 1. The first-order chi connectivity index (χ1) is 16.0. The third-order valence-electron chi connectivity index (χ3n) is 6.56. The van der Waals surface area contributed by atoms with Crippen LogP contribution in [0, 0.1) is 0 Å². The number of benzene rings is 1. The smallest absolute Gasteiger partial charge is 0.264 e. The second-order valence-corrected chi connectivity index (χ2v) is 8.85. The first-order valence-corrected chi connectivity index (χ1v) is 11.8. The van der Waals surface area contributed by atoms with Gasteiger partial charge in [-0.3, -0.25) is 34.2 Å². The number of unbranched alkanes of at least 4 members (excludes halogenated alkanes) is 3. The number of carbonyl (C=O) groups excluding carboxylic acids is 5. The van der Waals surface area contributed by atoms with Gasteiger partial charge in [-0.05, 0) is 44.2 Å². The summed E-state index contributed by atoms with van der Waals surface area (Å²) in [4.78, 5) is 64.6. The molecule has 0 saturated carbocycles. The van der Waals surface area contributed by atoms with Gasteiger partial charge in [0.1, 0.15) is 6.04 Å². The second kappa shape index (κ2) is 10.1. The molecule has 176 valence electrons. The number of nitrogens with one attached hydrogen (secondary N) is 2. The van der Waals surface area contributed by atoms with Gasteiger partial charge < -0.3 is 10.2 Å². The van der Waals surface area contributed by atoms with Gasteiger partial charge in [-0.2, -0.15) is 0 Å². The maximum absolute atomic E-state index is 13.1. The van der Waals surface area contributed by atoms with Gasteiger partial charge in [-0.25, -0.2) is 0 Å². The average Bonchev–Trinajstić information content (AvgIpc) is 3.42. The van der Waals surface area contributed by atoms with Gasteiger partial charge in [0, 0.05) is 38.2 Å². The zero-order valence-corrected chi connectivity index (χ0v) is 18.7. The molecule has 0 radical (unpaired) electrons. The maximum atomic E-state index is 13.1. The summed E-state index contributed by atoms with van der Waals surface area (Å²) in [6.07, 6.45) is 6.74. The normalized spacial score (nSPS) is 20.3. The van der Waals surface area contributed by atoms with Crippen molar-refractivity contribution in [3.05, 3.63) is 29.3 Å². The van der Waals surface area contributed by atoms with Gasteiger partial charge in [-0.15, -0.1) is 0 Å². The molecule has 33 heavy (non-hydrogen) atoms. The quantitative estimate of drug-likeness (QED) is 0.436. The van der Waals surface area contributed by atoms with Crippen LogP contribution in [-0.2, 0) is 14.4 Å². The maximum Gasteiger partial charge on any atom is 0.264 e. The molecule has 9 heteroatoms. The molecule has 5 amide bonds. The average molecular weight is 455 g/mol. The topological polar surface area (TPSA) is 116 Å². The number of amides is 5. The van der Waals surface area contributed by atoms with Crippen LogP contribution in [-0.4, -0.2) is 65.0 Å². The number of nitrogens with zero attached hydrogens (tertiary/aromatic N) is 2. The number of piperidine rings is 1. The molecule has 3 aliphatic heterocycles. The van der Waals surface area contributed by atoms with Crippen molar-refractivity contribution in [2.75, 3.05) is 25.0 Å². The van der Waals surface area contributed by atoms with E-state index in [0.29, 0.717) is 18.7 Å². The van der Waals surface area contributed by atoms with Crippen LogP contribution >= 0.6 is 0 Å². The highest BCUT2D eigenvalue weighted by Gasteiger charge is 2.45. The fourth-order valence-electron chi connectivity index (χ4n) is 4.76. The first kappa shape index (κ1) is 22.9. The first-order valence-electron chi connectivity index (χ1n) is 11.8. The number of hydrogen-bond donors (Lipinski definition) is 2. The highest BCUT2D eigenvalue weighted by atomic mass is 16.2. The molecule has 2 fully saturated rings. The fourth-order valence-corrected chi connectivity index (χ4v) is 4.76. The molecule has 3 aliphatic rings. The summed E-state index contributed by atoms with van der Waals surface area (Å²) in [6.45, 7) is 2.43. The van der Waals surface area contributed by atoms with Crippen molar-refractivity contribution in [1.29, 1.82) is 0 Å². The van der Waals surface area contributed by atoms with E-state index >= 15 is 0 Å². The zero-order valence-electron chi connectivity index (χ0n) is 18.7. The molecule has 0 spiro atoms. The third kappa shape index (κ3) is 4.91. The summed E-state index contributed by atoms with van der Waals surface area (Å²) in [5, 5.41) is 5.46. The Hall–Kier alpha value is -3.23. The molecule has 1 unspecified atom stereocenters. The molecule has 2 N–H and O–H groups in total. The number of hydrogen-bond acceptors (Lipinski definition) is 6. The lowest BCUT2D eigenvalue weighted by Crippen LogP contribution is -2.54. The van der Waals surface area contributed by atoms with Crippen LogP contribution in [0.15, 0.2) is 18.2 Å². The summed E-state index contributed by atoms with van der Waals surface area (Å²) in [5.74, 6) is -1.76. The minimum absolute atomic E-state index is 0.0958. The van der Waals surface area contributed by atoms with Gasteiger partial charge in [0.25, 0.3) is 11.8 Å². The molecular formula is C24H30N4O5. The summed E-state index contributed by atoms with van der Waals surface area (Å²) in [5.41, 5.74) is 1.13. The minimum Gasteiger partial charge on any atom is -0.384 e.